The highest BCUT2D eigenvalue weighted by Gasteiger charge is 1.94. The van der Waals surface area contributed by atoms with Crippen molar-refractivity contribution >= 4 is 28.5 Å². The Kier molecular flexibility index (Phi) is 2.32. The van der Waals surface area contributed by atoms with Gasteiger partial charge in [-0.1, -0.05) is 36.5 Å². The van der Waals surface area contributed by atoms with E-state index in [1.807, 2.05) is 24.3 Å². The Hall–Kier alpha value is -1.28. The molecule has 2 rings (SSSR count). The molecular formula is C11H9NS. The number of nitrogens with zero attached hydrogens (tertiary/aromatic N) is 1. The Labute approximate surface area is 82.4 Å². The summed E-state index contributed by atoms with van der Waals surface area (Å²) in [6.45, 7) is 0. The van der Waals surface area contributed by atoms with Crippen LogP contribution < -0.4 is 0 Å². The Morgan fingerprint density at radius 1 is 1.15 bits per heavy atom. The molecule has 0 spiro atoms. The summed E-state index contributed by atoms with van der Waals surface area (Å²) in [5.41, 5.74) is 2.07. The Morgan fingerprint density at radius 2 is 2.00 bits per heavy atom. The van der Waals surface area contributed by atoms with Gasteiger partial charge in [0.25, 0.3) is 0 Å². The summed E-state index contributed by atoms with van der Waals surface area (Å²) in [4.78, 5) is 4.47. The van der Waals surface area contributed by atoms with E-state index >= 15 is 0 Å². The number of aromatic nitrogens is 1. The lowest BCUT2D eigenvalue weighted by atomic mass is 10.2. The summed E-state index contributed by atoms with van der Waals surface area (Å²) >= 11 is 4.79. The molecule has 0 unspecified atom stereocenters. The summed E-state index contributed by atoms with van der Waals surface area (Å²) in [5.74, 6) is 0. The van der Waals surface area contributed by atoms with Crippen molar-refractivity contribution in [3.63, 3.8) is 0 Å². The monoisotopic (exact) mass is 187 g/mol. The van der Waals surface area contributed by atoms with E-state index in [2.05, 4.69) is 17.1 Å². The number of hydrogen-bond donors (Lipinski definition) is 0. The van der Waals surface area contributed by atoms with Crippen molar-refractivity contribution in [3.8, 4) is 0 Å². The first-order valence-corrected chi connectivity index (χ1v) is 4.65. The molecule has 2 aromatic rings. The minimum atomic E-state index is 0.764. The molecule has 0 aliphatic carbocycles. The Balaban J connectivity index is 2.55. The van der Waals surface area contributed by atoms with Crippen molar-refractivity contribution in [1.82, 2.24) is 4.98 Å². The molecule has 0 aliphatic heterocycles. The quantitative estimate of drug-likeness (QED) is 0.670. The molecule has 0 atom stereocenters. The van der Waals surface area contributed by atoms with Crippen LogP contribution in [0.1, 0.15) is 5.69 Å². The van der Waals surface area contributed by atoms with Crippen molar-refractivity contribution in [2.75, 3.05) is 0 Å². The van der Waals surface area contributed by atoms with Crippen LogP contribution in [0.4, 0.5) is 0 Å². The minimum absolute atomic E-state index is 0.764. The van der Waals surface area contributed by atoms with Crippen LogP contribution >= 0.6 is 12.2 Å². The summed E-state index contributed by atoms with van der Waals surface area (Å²) in [5, 5.41) is 2.88. The first-order valence-electron chi connectivity index (χ1n) is 4.18. The van der Waals surface area contributed by atoms with Gasteiger partial charge in [-0.05, 0) is 17.5 Å². The van der Waals surface area contributed by atoms with Crippen molar-refractivity contribution in [1.29, 1.82) is 0 Å². The molecule has 0 saturated heterocycles. The standard InChI is InChI=1S/C11H9NS/c13-8-7-10-6-5-9-3-1-2-4-11(9)12-10/h1-6,8H,7H2. The van der Waals surface area contributed by atoms with Gasteiger partial charge >= 0.3 is 0 Å². The third-order valence-electron chi connectivity index (χ3n) is 1.95. The molecule has 13 heavy (non-hydrogen) atoms. The maximum Gasteiger partial charge on any atom is 0.0705 e. The molecule has 0 amide bonds. The van der Waals surface area contributed by atoms with Crippen LogP contribution in [0, 0.1) is 0 Å². The number of pyridine rings is 1. The molecule has 0 N–H and O–H groups in total. The molecule has 0 aliphatic rings. The maximum absolute atomic E-state index is 4.79. The largest absolute Gasteiger partial charge is 0.252 e. The van der Waals surface area contributed by atoms with Crippen LogP contribution in [0.25, 0.3) is 10.9 Å². The van der Waals surface area contributed by atoms with E-state index < -0.39 is 0 Å². The predicted molar refractivity (Wildman–Crippen MR) is 59.1 cm³/mol. The number of benzene rings is 1. The van der Waals surface area contributed by atoms with Gasteiger partial charge in [0.15, 0.2) is 0 Å². The number of para-hydroxylation sites is 1. The number of fused-ring (bicyclic) bond motifs is 1. The van der Waals surface area contributed by atoms with Gasteiger partial charge in [0.05, 0.1) is 5.52 Å². The van der Waals surface area contributed by atoms with E-state index in [1.54, 1.807) is 5.37 Å². The van der Waals surface area contributed by atoms with Gasteiger partial charge in [0.1, 0.15) is 0 Å². The lowest BCUT2D eigenvalue weighted by Gasteiger charge is -1.98. The van der Waals surface area contributed by atoms with Crippen LogP contribution in [-0.2, 0) is 6.42 Å². The second kappa shape index (κ2) is 3.62. The van der Waals surface area contributed by atoms with Crippen molar-refractivity contribution in [3.05, 3.63) is 42.1 Å². The number of thiocarbonyl (C=S) groups is 1. The predicted octanol–water partition coefficient (Wildman–Crippen LogP) is 2.78. The molecular weight excluding hydrogens is 178 g/mol. The maximum atomic E-state index is 4.79. The Morgan fingerprint density at radius 3 is 2.85 bits per heavy atom. The number of hydrogen-bond acceptors (Lipinski definition) is 2. The fraction of sp³-hybridized carbons (Fsp3) is 0.0909. The highest BCUT2D eigenvalue weighted by Crippen LogP contribution is 2.11. The van der Waals surface area contributed by atoms with Crippen molar-refractivity contribution < 1.29 is 0 Å². The fourth-order valence-corrected chi connectivity index (χ4v) is 1.48. The first kappa shape index (κ1) is 8.32. The SMILES string of the molecule is S=CCc1ccc2ccccc2n1. The molecule has 64 valence electrons. The average Bonchev–Trinajstić information content (AvgIpc) is 2.18. The molecule has 0 saturated carbocycles. The third-order valence-corrected chi connectivity index (χ3v) is 2.12. The van der Waals surface area contributed by atoms with Gasteiger partial charge in [0, 0.05) is 17.5 Å². The highest BCUT2D eigenvalue weighted by molar-refractivity contribution is 7.78. The summed E-state index contributed by atoms with van der Waals surface area (Å²) in [6, 6.07) is 12.2. The normalized spacial score (nSPS) is 10.2. The van der Waals surface area contributed by atoms with Crippen LogP contribution in [-0.4, -0.2) is 10.4 Å². The number of rotatable bonds is 2. The molecule has 1 heterocycles. The summed E-state index contributed by atoms with van der Waals surface area (Å²) in [7, 11) is 0. The van der Waals surface area contributed by atoms with Gasteiger partial charge in [0.2, 0.25) is 0 Å². The smallest absolute Gasteiger partial charge is 0.0705 e. The van der Waals surface area contributed by atoms with E-state index in [4.69, 9.17) is 12.2 Å². The van der Waals surface area contributed by atoms with Crippen molar-refractivity contribution in [2.45, 2.75) is 6.42 Å². The fourth-order valence-electron chi connectivity index (χ4n) is 1.31. The zero-order valence-electron chi connectivity index (χ0n) is 7.10. The third kappa shape index (κ3) is 1.73. The molecule has 0 fully saturated rings. The van der Waals surface area contributed by atoms with Crippen molar-refractivity contribution in [2.24, 2.45) is 0 Å². The lowest BCUT2D eigenvalue weighted by Crippen LogP contribution is -1.89. The van der Waals surface area contributed by atoms with Gasteiger partial charge < -0.3 is 0 Å². The van der Waals surface area contributed by atoms with E-state index in [0.717, 1.165) is 17.6 Å². The van der Waals surface area contributed by atoms with Crippen LogP contribution in [0.5, 0.6) is 0 Å². The topological polar surface area (TPSA) is 12.9 Å². The summed E-state index contributed by atoms with van der Waals surface area (Å²) < 4.78 is 0. The lowest BCUT2D eigenvalue weighted by molar-refractivity contribution is 1.20. The van der Waals surface area contributed by atoms with Crippen LogP contribution in [0.3, 0.4) is 0 Å². The first-order chi connectivity index (χ1) is 6.40. The second-order valence-electron chi connectivity index (χ2n) is 2.87. The van der Waals surface area contributed by atoms with E-state index in [-0.39, 0.29) is 0 Å². The molecule has 1 nitrogen and oxygen atoms in total. The summed E-state index contributed by atoms with van der Waals surface area (Å²) in [6.07, 6.45) is 0.764. The van der Waals surface area contributed by atoms with Gasteiger partial charge in [-0.25, -0.2) is 0 Å². The second-order valence-corrected chi connectivity index (χ2v) is 3.20. The van der Waals surface area contributed by atoms with Crippen LogP contribution in [0.15, 0.2) is 36.4 Å². The van der Waals surface area contributed by atoms with E-state index in [1.165, 1.54) is 5.39 Å². The highest BCUT2D eigenvalue weighted by atomic mass is 32.1. The van der Waals surface area contributed by atoms with Crippen LogP contribution in [0.2, 0.25) is 0 Å². The zero-order chi connectivity index (χ0) is 9.10. The van der Waals surface area contributed by atoms with E-state index in [0.29, 0.717) is 0 Å². The average molecular weight is 187 g/mol. The van der Waals surface area contributed by atoms with Gasteiger partial charge in [-0.3, -0.25) is 4.98 Å². The molecule has 1 aromatic heterocycles. The zero-order valence-corrected chi connectivity index (χ0v) is 7.92. The minimum Gasteiger partial charge on any atom is -0.252 e. The molecule has 2 heteroatoms. The Bertz CT molecular complexity index is 437. The van der Waals surface area contributed by atoms with Gasteiger partial charge in [-0.2, -0.15) is 0 Å². The molecule has 0 radical (unpaired) electrons. The molecule has 1 aromatic carbocycles. The van der Waals surface area contributed by atoms with Gasteiger partial charge in [-0.15, -0.1) is 0 Å². The molecule has 0 bridgehead atoms. The van der Waals surface area contributed by atoms with E-state index in [9.17, 15) is 0 Å².